The monoisotopic (exact) mass is 463 g/mol. The molecule has 3 rings (SSSR count). The highest BCUT2D eigenvalue weighted by atomic mass is 32.2. The van der Waals surface area contributed by atoms with Gasteiger partial charge < -0.3 is 24.0 Å². The summed E-state index contributed by atoms with van der Waals surface area (Å²) in [5.41, 5.74) is 1.54. The van der Waals surface area contributed by atoms with E-state index in [1.54, 1.807) is 12.0 Å². The first-order chi connectivity index (χ1) is 15.2. The molecule has 174 valence electrons. The molecule has 0 aliphatic carbocycles. The van der Waals surface area contributed by atoms with E-state index in [0.717, 1.165) is 22.0 Å². The Bertz CT molecular complexity index is 1060. The predicted molar refractivity (Wildman–Crippen MR) is 124 cm³/mol. The van der Waals surface area contributed by atoms with Gasteiger partial charge in [-0.2, -0.15) is 0 Å². The number of nitrogens with zero attached hydrogens (tertiary/aromatic N) is 3. The number of anilines is 2. The Balaban J connectivity index is 1.85. The van der Waals surface area contributed by atoms with Crippen LogP contribution in [0.2, 0.25) is 0 Å². The molecule has 1 heterocycles. The van der Waals surface area contributed by atoms with Crippen molar-refractivity contribution in [2.24, 2.45) is 0 Å². The van der Waals surface area contributed by atoms with Crippen LogP contribution in [0.4, 0.5) is 11.4 Å². The molecule has 0 spiro atoms. The van der Waals surface area contributed by atoms with Gasteiger partial charge in [-0.3, -0.25) is 9.10 Å². The van der Waals surface area contributed by atoms with Gasteiger partial charge >= 0.3 is 0 Å². The smallest absolute Gasteiger partial charge is 0.256 e. The van der Waals surface area contributed by atoms with E-state index in [1.807, 2.05) is 24.3 Å². The molecule has 1 aliphatic rings. The lowest BCUT2D eigenvalue weighted by Gasteiger charge is -2.36. The number of hydrogen-bond donors (Lipinski definition) is 0. The molecular formula is C22H29N3O6S. The molecule has 2 aromatic rings. The van der Waals surface area contributed by atoms with Gasteiger partial charge in [-0.05, 0) is 30.3 Å². The maximum atomic E-state index is 13.4. The van der Waals surface area contributed by atoms with Crippen molar-refractivity contribution in [2.45, 2.75) is 0 Å². The van der Waals surface area contributed by atoms with Crippen LogP contribution in [0.15, 0.2) is 36.4 Å². The number of ether oxygens (including phenoxy) is 3. The van der Waals surface area contributed by atoms with Crippen LogP contribution in [0.5, 0.6) is 17.2 Å². The van der Waals surface area contributed by atoms with E-state index in [2.05, 4.69) is 4.90 Å². The zero-order valence-corrected chi connectivity index (χ0v) is 19.8. The standard InChI is InChI=1S/C22H29N3O6S/c1-23(32(5,27)28)19-15-21(31-4)20(30-3)14-18(19)22(26)25-12-10-24(11-13-25)16-6-8-17(29-2)9-7-16/h6-9,14-15H,10-13H2,1-5H3. The Kier molecular flexibility index (Phi) is 7.02. The SMILES string of the molecule is COc1ccc(N2CCN(C(=O)c3cc(OC)c(OC)cc3N(C)S(C)(=O)=O)CC2)cc1. The highest BCUT2D eigenvalue weighted by Crippen LogP contribution is 2.36. The minimum absolute atomic E-state index is 0.243. The molecule has 0 N–H and O–H groups in total. The second-order valence-electron chi connectivity index (χ2n) is 7.43. The second-order valence-corrected chi connectivity index (χ2v) is 9.45. The van der Waals surface area contributed by atoms with Gasteiger partial charge in [0.2, 0.25) is 10.0 Å². The number of piperazine rings is 1. The molecule has 2 aromatic carbocycles. The Labute approximate surface area is 189 Å². The first-order valence-corrected chi connectivity index (χ1v) is 11.9. The topological polar surface area (TPSA) is 88.6 Å². The summed E-state index contributed by atoms with van der Waals surface area (Å²) < 4.78 is 41.3. The van der Waals surface area contributed by atoms with E-state index >= 15 is 0 Å². The zero-order valence-electron chi connectivity index (χ0n) is 19.0. The summed E-state index contributed by atoms with van der Waals surface area (Å²) in [5, 5.41) is 0. The van der Waals surface area contributed by atoms with Gasteiger partial charge in [-0.25, -0.2) is 8.42 Å². The van der Waals surface area contributed by atoms with Crippen molar-refractivity contribution in [1.82, 2.24) is 4.90 Å². The molecule has 0 atom stereocenters. The van der Waals surface area contributed by atoms with Crippen LogP contribution in [0.3, 0.4) is 0 Å². The molecule has 0 unspecified atom stereocenters. The lowest BCUT2D eigenvalue weighted by atomic mass is 10.1. The Morgan fingerprint density at radius 1 is 0.906 bits per heavy atom. The largest absolute Gasteiger partial charge is 0.497 e. The molecule has 10 heteroatoms. The molecule has 1 amide bonds. The van der Waals surface area contributed by atoms with Crippen molar-refractivity contribution in [1.29, 1.82) is 0 Å². The van der Waals surface area contributed by atoms with E-state index in [-0.39, 0.29) is 17.2 Å². The fraction of sp³-hybridized carbons (Fsp3) is 0.409. The van der Waals surface area contributed by atoms with Crippen molar-refractivity contribution in [2.75, 3.05) is 70.0 Å². The summed E-state index contributed by atoms with van der Waals surface area (Å²) in [6, 6.07) is 10.8. The van der Waals surface area contributed by atoms with Crippen LogP contribution < -0.4 is 23.4 Å². The van der Waals surface area contributed by atoms with E-state index in [1.165, 1.54) is 33.4 Å². The second kappa shape index (κ2) is 9.56. The molecule has 32 heavy (non-hydrogen) atoms. The normalized spacial score (nSPS) is 14.2. The number of carbonyl (C=O) groups excluding carboxylic acids is 1. The van der Waals surface area contributed by atoms with Crippen LogP contribution >= 0.6 is 0 Å². The molecule has 0 bridgehead atoms. The van der Waals surface area contributed by atoms with Gasteiger partial charge in [0.25, 0.3) is 5.91 Å². The fourth-order valence-electron chi connectivity index (χ4n) is 3.61. The fourth-order valence-corrected chi connectivity index (χ4v) is 4.12. The number of methoxy groups -OCH3 is 3. The van der Waals surface area contributed by atoms with Crippen LogP contribution in [0, 0.1) is 0 Å². The summed E-state index contributed by atoms with van der Waals surface area (Å²) >= 11 is 0. The van der Waals surface area contributed by atoms with Crippen molar-refractivity contribution in [3.8, 4) is 17.2 Å². The number of amides is 1. The van der Waals surface area contributed by atoms with Gasteiger partial charge in [0.1, 0.15) is 5.75 Å². The molecule has 1 saturated heterocycles. The molecule has 9 nitrogen and oxygen atoms in total. The third kappa shape index (κ3) is 4.85. The number of sulfonamides is 1. The van der Waals surface area contributed by atoms with Crippen molar-refractivity contribution >= 4 is 27.3 Å². The summed E-state index contributed by atoms with van der Waals surface area (Å²) in [6.45, 7) is 2.31. The molecule has 0 saturated carbocycles. The molecule has 1 fully saturated rings. The van der Waals surface area contributed by atoms with E-state index < -0.39 is 10.0 Å². The van der Waals surface area contributed by atoms with Crippen molar-refractivity contribution in [3.63, 3.8) is 0 Å². The predicted octanol–water partition coefficient (Wildman–Crippen LogP) is 2.07. The van der Waals surface area contributed by atoms with E-state index in [0.29, 0.717) is 37.7 Å². The summed E-state index contributed by atoms with van der Waals surface area (Å²) in [7, 11) is 2.38. The third-order valence-corrected chi connectivity index (χ3v) is 6.77. The Hall–Kier alpha value is -3.14. The summed E-state index contributed by atoms with van der Waals surface area (Å²) in [6.07, 6.45) is 1.09. The summed E-state index contributed by atoms with van der Waals surface area (Å²) in [5.74, 6) is 1.24. The first kappa shape index (κ1) is 23.5. The van der Waals surface area contributed by atoms with Gasteiger partial charge in [-0.1, -0.05) is 0 Å². The average Bonchev–Trinajstić information content (AvgIpc) is 2.81. The quantitative estimate of drug-likeness (QED) is 0.621. The molecular weight excluding hydrogens is 434 g/mol. The van der Waals surface area contributed by atoms with Gasteiger partial charge in [-0.15, -0.1) is 0 Å². The number of carbonyl (C=O) groups is 1. The number of rotatable bonds is 7. The minimum atomic E-state index is -3.59. The average molecular weight is 464 g/mol. The van der Waals surface area contributed by atoms with E-state index in [9.17, 15) is 13.2 Å². The maximum Gasteiger partial charge on any atom is 0.256 e. The molecule has 1 aliphatic heterocycles. The number of hydrogen-bond acceptors (Lipinski definition) is 7. The lowest BCUT2D eigenvalue weighted by Crippen LogP contribution is -2.49. The van der Waals surface area contributed by atoms with Crippen LogP contribution in [-0.4, -0.2) is 80.0 Å². The first-order valence-electron chi connectivity index (χ1n) is 10.1. The van der Waals surface area contributed by atoms with Crippen LogP contribution in [0.25, 0.3) is 0 Å². The van der Waals surface area contributed by atoms with Gasteiger partial charge in [0.15, 0.2) is 11.5 Å². The zero-order chi connectivity index (χ0) is 23.5. The Morgan fingerprint density at radius 3 is 1.97 bits per heavy atom. The highest BCUT2D eigenvalue weighted by molar-refractivity contribution is 7.92. The van der Waals surface area contributed by atoms with Crippen molar-refractivity contribution < 1.29 is 27.4 Å². The lowest BCUT2D eigenvalue weighted by molar-refractivity contribution is 0.0747. The van der Waals surface area contributed by atoms with Crippen molar-refractivity contribution in [3.05, 3.63) is 42.0 Å². The van der Waals surface area contributed by atoms with Gasteiger partial charge in [0.05, 0.1) is 38.8 Å². The highest BCUT2D eigenvalue weighted by Gasteiger charge is 2.28. The summed E-state index contributed by atoms with van der Waals surface area (Å²) in [4.78, 5) is 17.3. The van der Waals surface area contributed by atoms with Crippen LogP contribution in [-0.2, 0) is 10.0 Å². The minimum Gasteiger partial charge on any atom is -0.497 e. The van der Waals surface area contributed by atoms with Gasteiger partial charge in [0, 0.05) is 45.0 Å². The van der Waals surface area contributed by atoms with Crippen LogP contribution in [0.1, 0.15) is 10.4 Å². The Morgan fingerprint density at radius 2 is 1.47 bits per heavy atom. The maximum absolute atomic E-state index is 13.4. The number of benzene rings is 2. The molecule has 0 aromatic heterocycles. The van der Waals surface area contributed by atoms with E-state index in [4.69, 9.17) is 14.2 Å². The molecule has 0 radical (unpaired) electrons. The third-order valence-electron chi connectivity index (χ3n) is 5.57.